The Bertz CT molecular complexity index is 567. The predicted molar refractivity (Wildman–Crippen MR) is 87.7 cm³/mol. The first kappa shape index (κ1) is 15.7. The number of piperidine rings is 1. The Hall–Kier alpha value is -1.21. The van der Waals surface area contributed by atoms with Gasteiger partial charge in [0.15, 0.2) is 0 Å². The van der Waals surface area contributed by atoms with Crippen LogP contribution in [-0.2, 0) is 4.74 Å². The maximum atomic E-state index is 12.5. The first-order valence-electron chi connectivity index (χ1n) is 7.48. The van der Waals surface area contributed by atoms with Gasteiger partial charge in [-0.15, -0.1) is 23.1 Å². The van der Waals surface area contributed by atoms with Crippen LogP contribution in [0.1, 0.15) is 29.4 Å². The number of hydrogen-bond donors (Lipinski definition) is 0. The average molecular weight is 340 g/mol. The number of carbonyl (C=O) groups is 2. The zero-order valence-corrected chi connectivity index (χ0v) is 14.4. The maximum Gasteiger partial charge on any atom is 0.410 e. The summed E-state index contributed by atoms with van der Waals surface area (Å²) in [5.41, 5.74) is 0. The van der Waals surface area contributed by atoms with Gasteiger partial charge in [0, 0.05) is 19.1 Å². The number of likely N-dealkylation sites (tertiary alicyclic amines) is 1. The van der Waals surface area contributed by atoms with Gasteiger partial charge in [-0.05, 0) is 38.2 Å². The molecule has 3 rings (SSSR count). The highest BCUT2D eigenvalue weighted by molar-refractivity contribution is 8.00. The highest BCUT2D eigenvalue weighted by Gasteiger charge is 2.37. The molecule has 2 aliphatic heterocycles. The van der Waals surface area contributed by atoms with Crippen molar-refractivity contribution in [2.75, 3.05) is 26.0 Å². The molecule has 1 aromatic rings. The molecule has 1 aromatic heterocycles. The molecular formula is C15H20N2O3S2. The molecule has 1 atom stereocenters. The third-order valence-corrected chi connectivity index (χ3v) is 6.43. The molecule has 0 radical (unpaired) electrons. The van der Waals surface area contributed by atoms with Crippen LogP contribution in [0.15, 0.2) is 16.3 Å². The fourth-order valence-corrected chi connectivity index (χ4v) is 4.60. The Morgan fingerprint density at radius 3 is 2.64 bits per heavy atom. The van der Waals surface area contributed by atoms with E-state index in [4.69, 9.17) is 4.74 Å². The van der Waals surface area contributed by atoms with Crippen molar-refractivity contribution in [3.63, 3.8) is 0 Å². The molecule has 2 saturated heterocycles. The molecule has 0 aromatic carbocycles. The third-order valence-electron chi connectivity index (χ3n) is 4.27. The van der Waals surface area contributed by atoms with E-state index in [-0.39, 0.29) is 24.1 Å². The monoisotopic (exact) mass is 340 g/mol. The van der Waals surface area contributed by atoms with Gasteiger partial charge in [-0.1, -0.05) is 0 Å². The SMILES string of the molecule is CSc1ccc(C(=O)N2CCC(N3C(=O)OCC3C)CC2)s1. The van der Waals surface area contributed by atoms with E-state index in [2.05, 4.69) is 0 Å². The Balaban J connectivity index is 1.59. The minimum atomic E-state index is -0.208. The summed E-state index contributed by atoms with van der Waals surface area (Å²) in [5, 5.41) is 0. The van der Waals surface area contributed by atoms with Crippen LogP contribution in [0.3, 0.4) is 0 Å². The van der Waals surface area contributed by atoms with Crippen LogP contribution in [0, 0.1) is 0 Å². The van der Waals surface area contributed by atoms with E-state index in [0.29, 0.717) is 19.7 Å². The minimum absolute atomic E-state index is 0.112. The van der Waals surface area contributed by atoms with Gasteiger partial charge in [0.05, 0.1) is 15.1 Å². The van der Waals surface area contributed by atoms with E-state index >= 15 is 0 Å². The number of cyclic esters (lactones) is 1. The van der Waals surface area contributed by atoms with Crippen LogP contribution in [0.5, 0.6) is 0 Å². The van der Waals surface area contributed by atoms with Crippen molar-refractivity contribution in [2.45, 2.75) is 36.1 Å². The summed E-state index contributed by atoms with van der Waals surface area (Å²) in [6.45, 7) is 3.89. The van der Waals surface area contributed by atoms with E-state index in [1.54, 1.807) is 23.1 Å². The van der Waals surface area contributed by atoms with Crippen LogP contribution >= 0.6 is 23.1 Å². The smallest absolute Gasteiger partial charge is 0.410 e. The topological polar surface area (TPSA) is 49.9 Å². The zero-order chi connectivity index (χ0) is 15.7. The number of thiophene rings is 1. The van der Waals surface area contributed by atoms with Crippen LogP contribution in [0.25, 0.3) is 0 Å². The molecule has 5 nitrogen and oxygen atoms in total. The molecule has 7 heteroatoms. The second-order valence-corrected chi connectivity index (χ2v) is 7.87. The summed E-state index contributed by atoms with van der Waals surface area (Å²) in [5.74, 6) is 0.112. The Morgan fingerprint density at radius 2 is 2.09 bits per heavy atom. The van der Waals surface area contributed by atoms with E-state index in [1.807, 2.05) is 35.1 Å². The third kappa shape index (κ3) is 2.96. The summed E-state index contributed by atoms with van der Waals surface area (Å²) in [4.78, 5) is 28.8. The summed E-state index contributed by atoms with van der Waals surface area (Å²) >= 11 is 3.21. The van der Waals surface area contributed by atoms with Crippen LogP contribution < -0.4 is 0 Å². The molecule has 0 spiro atoms. The van der Waals surface area contributed by atoms with Gasteiger partial charge in [0.2, 0.25) is 0 Å². The van der Waals surface area contributed by atoms with Crippen LogP contribution in [-0.4, -0.2) is 59.8 Å². The molecule has 2 fully saturated rings. The largest absolute Gasteiger partial charge is 0.447 e. The standard InChI is InChI=1S/C15H20N2O3S2/c1-10-9-20-15(19)17(10)11-5-7-16(8-6-11)14(18)12-3-4-13(21-2)22-12/h3-4,10-11H,5-9H2,1-2H3. The number of nitrogens with zero attached hydrogens (tertiary/aromatic N) is 2. The van der Waals surface area contributed by atoms with Gasteiger partial charge in [-0.2, -0.15) is 0 Å². The van der Waals surface area contributed by atoms with Crippen molar-refractivity contribution >= 4 is 35.1 Å². The number of ether oxygens (including phenoxy) is 1. The molecule has 22 heavy (non-hydrogen) atoms. The molecule has 0 aliphatic carbocycles. The molecule has 2 aliphatic rings. The van der Waals surface area contributed by atoms with E-state index in [1.165, 1.54) is 0 Å². The second kappa shape index (κ2) is 6.50. The quantitative estimate of drug-likeness (QED) is 0.794. The van der Waals surface area contributed by atoms with Gasteiger partial charge >= 0.3 is 6.09 Å². The first-order valence-corrected chi connectivity index (χ1v) is 9.52. The molecule has 2 amide bonds. The number of carbonyl (C=O) groups excluding carboxylic acids is 2. The highest BCUT2D eigenvalue weighted by Crippen LogP contribution is 2.28. The minimum Gasteiger partial charge on any atom is -0.447 e. The van der Waals surface area contributed by atoms with Gasteiger partial charge in [-0.3, -0.25) is 9.69 Å². The van der Waals surface area contributed by atoms with E-state index < -0.39 is 0 Å². The summed E-state index contributed by atoms with van der Waals surface area (Å²) in [7, 11) is 0. The Morgan fingerprint density at radius 1 is 1.36 bits per heavy atom. The zero-order valence-electron chi connectivity index (χ0n) is 12.8. The number of amides is 2. The van der Waals surface area contributed by atoms with Crippen LogP contribution in [0.4, 0.5) is 4.79 Å². The first-order chi connectivity index (χ1) is 10.6. The van der Waals surface area contributed by atoms with E-state index in [0.717, 1.165) is 21.9 Å². The fraction of sp³-hybridized carbons (Fsp3) is 0.600. The van der Waals surface area contributed by atoms with E-state index in [9.17, 15) is 9.59 Å². The lowest BCUT2D eigenvalue weighted by Crippen LogP contribution is -2.49. The number of thioether (sulfide) groups is 1. The molecule has 0 N–H and O–H groups in total. The molecule has 1 unspecified atom stereocenters. The van der Waals surface area contributed by atoms with Gasteiger partial charge in [0.25, 0.3) is 5.91 Å². The van der Waals surface area contributed by atoms with Gasteiger partial charge in [-0.25, -0.2) is 4.79 Å². The molecule has 3 heterocycles. The average Bonchev–Trinajstić information content (AvgIpc) is 3.14. The lowest BCUT2D eigenvalue weighted by molar-refractivity contribution is 0.0646. The van der Waals surface area contributed by atoms with Crippen molar-refractivity contribution in [1.82, 2.24) is 9.80 Å². The second-order valence-electron chi connectivity index (χ2n) is 5.68. The molecule has 120 valence electrons. The lowest BCUT2D eigenvalue weighted by atomic mass is 10.0. The summed E-state index contributed by atoms with van der Waals surface area (Å²) in [6.07, 6.45) is 3.46. The lowest BCUT2D eigenvalue weighted by Gasteiger charge is -2.37. The van der Waals surface area contributed by atoms with Crippen molar-refractivity contribution in [3.8, 4) is 0 Å². The van der Waals surface area contributed by atoms with Crippen molar-refractivity contribution < 1.29 is 14.3 Å². The van der Waals surface area contributed by atoms with Gasteiger partial charge < -0.3 is 9.64 Å². The Labute approximate surface area is 138 Å². The van der Waals surface area contributed by atoms with Crippen molar-refractivity contribution in [3.05, 3.63) is 17.0 Å². The maximum absolute atomic E-state index is 12.5. The van der Waals surface area contributed by atoms with Crippen molar-refractivity contribution in [1.29, 1.82) is 0 Å². The number of rotatable bonds is 3. The highest BCUT2D eigenvalue weighted by atomic mass is 32.2. The van der Waals surface area contributed by atoms with Crippen LogP contribution in [0.2, 0.25) is 0 Å². The van der Waals surface area contributed by atoms with Gasteiger partial charge in [0.1, 0.15) is 6.61 Å². The Kier molecular flexibility index (Phi) is 4.63. The normalized spacial score (nSPS) is 23.0. The summed E-state index contributed by atoms with van der Waals surface area (Å²) < 4.78 is 6.25. The molecule has 0 saturated carbocycles. The number of hydrogen-bond acceptors (Lipinski definition) is 5. The fourth-order valence-electron chi connectivity index (χ4n) is 3.08. The van der Waals surface area contributed by atoms with Crippen molar-refractivity contribution in [2.24, 2.45) is 0 Å². The predicted octanol–water partition coefficient (Wildman–Crippen LogP) is 2.92. The molecular weight excluding hydrogens is 320 g/mol. The molecule has 0 bridgehead atoms. The summed E-state index contributed by atoms with van der Waals surface area (Å²) in [6, 6.07) is 4.24.